The summed E-state index contributed by atoms with van der Waals surface area (Å²) in [7, 11) is 0. The van der Waals surface area contributed by atoms with Crippen LogP contribution in [-0.4, -0.2) is 70.7 Å². The Morgan fingerprint density at radius 3 is 2.82 bits per heavy atom. The molecular weight excluding hydrogens is 436 g/mol. The number of likely N-dealkylation sites (tertiary alicyclic amines) is 1. The molecule has 0 radical (unpaired) electrons. The first-order valence-electron chi connectivity index (χ1n) is 11.5. The predicted molar refractivity (Wildman–Crippen MR) is 128 cm³/mol. The van der Waals surface area contributed by atoms with Crippen LogP contribution < -0.4 is 16.1 Å². The SMILES string of the molecule is O=C(O)C(CC(=O)N1CCC(N2Cc3ccccc3NC2=O)CC1)NC1=CC/C=N\NCC=C1. The highest BCUT2D eigenvalue weighted by Gasteiger charge is 2.33. The fourth-order valence-electron chi connectivity index (χ4n) is 4.41. The molecule has 10 heteroatoms. The maximum absolute atomic E-state index is 12.9. The molecule has 180 valence electrons. The van der Waals surface area contributed by atoms with E-state index in [2.05, 4.69) is 21.2 Å². The smallest absolute Gasteiger partial charge is 0.326 e. The van der Waals surface area contributed by atoms with Crippen molar-refractivity contribution >= 4 is 29.8 Å². The molecule has 34 heavy (non-hydrogen) atoms. The van der Waals surface area contributed by atoms with Crippen LogP contribution in [0.15, 0.2) is 53.3 Å². The van der Waals surface area contributed by atoms with Crippen molar-refractivity contribution in [3.63, 3.8) is 0 Å². The highest BCUT2D eigenvalue weighted by atomic mass is 16.4. The molecule has 1 aromatic rings. The first kappa shape index (κ1) is 23.3. The van der Waals surface area contributed by atoms with Crippen LogP contribution in [0.25, 0.3) is 0 Å². The summed E-state index contributed by atoms with van der Waals surface area (Å²) in [6.45, 7) is 2.06. The number of piperidine rings is 1. The number of urea groups is 1. The van der Waals surface area contributed by atoms with Crippen molar-refractivity contribution in [2.24, 2.45) is 5.10 Å². The Hall–Kier alpha value is -3.82. The molecule has 3 heterocycles. The number of anilines is 1. The van der Waals surface area contributed by atoms with E-state index in [1.165, 1.54) is 0 Å². The first-order valence-corrected chi connectivity index (χ1v) is 11.5. The number of hydrogen-bond donors (Lipinski definition) is 4. The third-order valence-electron chi connectivity index (χ3n) is 6.27. The molecule has 0 bridgehead atoms. The summed E-state index contributed by atoms with van der Waals surface area (Å²) < 4.78 is 0. The monoisotopic (exact) mass is 466 g/mol. The minimum atomic E-state index is -1.08. The highest BCUT2D eigenvalue weighted by molar-refractivity contribution is 5.92. The van der Waals surface area contributed by atoms with E-state index >= 15 is 0 Å². The van der Waals surface area contributed by atoms with Gasteiger partial charge >= 0.3 is 12.0 Å². The van der Waals surface area contributed by atoms with Gasteiger partial charge in [0.1, 0.15) is 6.04 Å². The molecule has 4 rings (SSSR count). The fraction of sp³-hybridized carbons (Fsp3) is 0.417. The number of carboxylic acid groups (broad SMARTS) is 1. The van der Waals surface area contributed by atoms with Crippen molar-refractivity contribution in [2.45, 2.75) is 44.3 Å². The van der Waals surface area contributed by atoms with Crippen LogP contribution in [0, 0.1) is 0 Å². The Bertz CT molecular complexity index is 1010. The summed E-state index contributed by atoms with van der Waals surface area (Å²) in [5, 5.41) is 19.6. The average Bonchev–Trinajstić information content (AvgIpc) is 2.97. The van der Waals surface area contributed by atoms with Crippen molar-refractivity contribution in [3.05, 3.63) is 53.8 Å². The summed E-state index contributed by atoms with van der Waals surface area (Å²) in [6.07, 6.45) is 8.87. The highest BCUT2D eigenvalue weighted by Crippen LogP contribution is 2.27. The number of nitrogens with zero attached hydrogens (tertiary/aromatic N) is 3. The van der Waals surface area contributed by atoms with E-state index in [0.717, 1.165) is 11.3 Å². The number of allylic oxidation sites excluding steroid dienone is 2. The topological polar surface area (TPSA) is 126 Å². The van der Waals surface area contributed by atoms with E-state index in [9.17, 15) is 19.5 Å². The molecule has 4 N–H and O–H groups in total. The maximum atomic E-state index is 12.9. The third-order valence-corrected chi connectivity index (χ3v) is 6.27. The zero-order valence-electron chi connectivity index (χ0n) is 18.9. The van der Waals surface area contributed by atoms with Crippen molar-refractivity contribution in [3.8, 4) is 0 Å². The van der Waals surface area contributed by atoms with Gasteiger partial charge in [0, 0.05) is 49.7 Å². The molecule has 0 spiro atoms. The van der Waals surface area contributed by atoms with Crippen LogP contribution in [0.5, 0.6) is 0 Å². The van der Waals surface area contributed by atoms with Gasteiger partial charge in [-0.2, -0.15) is 5.10 Å². The van der Waals surface area contributed by atoms with Gasteiger partial charge in [-0.3, -0.25) is 4.79 Å². The second kappa shape index (κ2) is 10.9. The Morgan fingerprint density at radius 2 is 2.03 bits per heavy atom. The van der Waals surface area contributed by atoms with Gasteiger partial charge in [0.05, 0.1) is 13.0 Å². The number of amides is 3. The predicted octanol–water partition coefficient (Wildman–Crippen LogP) is 1.88. The summed E-state index contributed by atoms with van der Waals surface area (Å²) in [6, 6.07) is 6.64. The molecule has 1 saturated heterocycles. The van der Waals surface area contributed by atoms with E-state index in [1.54, 1.807) is 17.2 Å². The van der Waals surface area contributed by atoms with Gasteiger partial charge < -0.3 is 31.0 Å². The number of carboxylic acids is 1. The average molecular weight is 467 g/mol. The van der Waals surface area contributed by atoms with Crippen LogP contribution in [0.3, 0.4) is 0 Å². The molecule has 0 aromatic heterocycles. The summed E-state index contributed by atoms with van der Waals surface area (Å²) >= 11 is 0. The Balaban J connectivity index is 1.31. The summed E-state index contributed by atoms with van der Waals surface area (Å²) in [5.41, 5.74) is 5.41. The lowest BCUT2D eigenvalue weighted by Gasteiger charge is -2.40. The largest absolute Gasteiger partial charge is 0.480 e. The molecule has 3 aliphatic rings. The molecule has 1 unspecified atom stereocenters. The number of carbonyl (C=O) groups is 3. The number of carbonyl (C=O) groups excluding carboxylic acids is 2. The molecule has 10 nitrogen and oxygen atoms in total. The first-order chi connectivity index (χ1) is 16.5. The summed E-state index contributed by atoms with van der Waals surface area (Å²) in [5.74, 6) is -1.28. The molecule has 1 atom stereocenters. The number of hydrazone groups is 1. The quantitative estimate of drug-likeness (QED) is 0.507. The van der Waals surface area contributed by atoms with Gasteiger partial charge in [-0.15, -0.1) is 0 Å². The molecular formula is C24H30N6O4. The van der Waals surface area contributed by atoms with Crippen molar-refractivity contribution in [1.82, 2.24) is 20.5 Å². The molecule has 3 aliphatic heterocycles. The second-order valence-electron chi connectivity index (χ2n) is 8.54. The summed E-state index contributed by atoms with van der Waals surface area (Å²) in [4.78, 5) is 40.9. The Kier molecular flexibility index (Phi) is 7.46. The second-order valence-corrected chi connectivity index (χ2v) is 8.54. The number of aliphatic carboxylic acids is 1. The van der Waals surface area contributed by atoms with Crippen LogP contribution in [0.4, 0.5) is 10.5 Å². The van der Waals surface area contributed by atoms with Crippen LogP contribution >= 0.6 is 0 Å². The van der Waals surface area contributed by atoms with Crippen molar-refractivity contribution in [2.75, 3.05) is 25.0 Å². The number of para-hydroxylation sites is 1. The van der Waals surface area contributed by atoms with Gasteiger partial charge in [-0.05, 0) is 30.5 Å². The van der Waals surface area contributed by atoms with Crippen LogP contribution in [0.1, 0.15) is 31.2 Å². The fourth-order valence-corrected chi connectivity index (χ4v) is 4.41. The number of nitrogens with one attached hydrogen (secondary N) is 3. The number of hydrogen-bond acceptors (Lipinski definition) is 6. The number of fused-ring (bicyclic) bond motifs is 1. The zero-order valence-corrected chi connectivity index (χ0v) is 18.9. The lowest BCUT2D eigenvalue weighted by atomic mass is 10.00. The van der Waals surface area contributed by atoms with Gasteiger partial charge in [-0.1, -0.05) is 30.4 Å². The van der Waals surface area contributed by atoms with Crippen LogP contribution in [-0.2, 0) is 16.1 Å². The van der Waals surface area contributed by atoms with E-state index in [4.69, 9.17) is 0 Å². The normalized spacial score (nSPS) is 20.5. The Morgan fingerprint density at radius 1 is 1.24 bits per heavy atom. The maximum Gasteiger partial charge on any atom is 0.326 e. The van der Waals surface area contributed by atoms with Crippen LogP contribution in [0.2, 0.25) is 0 Å². The minimum absolute atomic E-state index is 0.0372. The minimum Gasteiger partial charge on any atom is -0.480 e. The van der Waals surface area contributed by atoms with Crippen molar-refractivity contribution < 1.29 is 19.5 Å². The lowest BCUT2D eigenvalue weighted by molar-refractivity contribution is -0.143. The van der Waals surface area contributed by atoms with Gasteiger partial charge in [0.2, 0.25) is 5.91 Å². The van der Waals surface area contributed by atoms with Gasteiger partial charge in [0.15, 0.2) is 0 Å². The Labute approximate surface area is 198 Å². The molecule has 3 amide bonds. The van der Waals surface area contributed by atoms with E-state index in [1.807, 2.05) is 41.3 Å². The zero-order chi connectivity index (χ0) is 23.9. The van der Waals surface area contributed by atoms with Crippen molar-refractivity contribution in [1.29, 1.82) is 0 Å². The molecule has 0 aliphatic carbocycles. The standard InChI is InChI=1S/C24H30N6O4/c31-22(15-21(23(32)33)27-18-6-3-11-25-26-12-4-7-18)29-13-9-19(10-14-29)30-16-17-5-1-2-8-20(17)28-24(30)34/h1-3,5-8,12,19,21,25,27H,4,9-11,13-16H2,(H,28,34)(H,32,33)/b6-3?,18-7?,26-12-. The molecule has 0 saturated carbocycles. The lowest BCUT2D eigenvalue weighted by Crippen LogP contribution is -2.51. The molecule has 1 fully saturated rings. The van der Waals surface area contributed by atoms with Gasteiger partial charge in [-0.25, -0.2) is 9.59 Å². The van der Waals surface area contributed by atoms with Gasteiger partial charge in [0.25, 0.3) is 0 Å². The van der Waals surface area contributed by atoms with E-state index in [-0.39, 0.29) is 24.4 Å². The van der Waals surface area contributed by atoms with E-state index in [0.29, 0.717) is 51.1 Å². The van der Waals surface area contributed by atoms with E-state index < -0.39 is 12.0 Å². The molecule has 1 aromatic carbocycles. The number of benzene rings is 1. The third kappa shape index (κ3) is 5.75. The number of rotatable bonds is 6.